The van der Waals surface area contributed by atoms with Crippen molar-refractivity contribution in [3.8, 4) is 5.69 Å². The molecule has 1 saturated heterocycles. The number of nitrogens with zero attached hydrogens (tertiary/aromatic N) is 7. The molecule has 6 rings (SSSR count). The smallest absolute Gasteiger partial charge is 0.123 e. The van der Waals surface area contributed by atoms with Gasteiger partial charge in [-0.3, -0.25) is 9.47 Å². The molecular weight excluding hydrogens is 448 g/mol. The normalized spacial score (nSPS) is 16.0. The van der Waals surface area contributed by atoms with Gasteiger partial charge in [-0.05, 0) is 48.7 Å². The Morgan fingerprint density at radius 1 is 0.917 bits per heavy atom. The van der Waals surface area contributed by atoms with Crippen LogP contribution in [0.3, 0.4) is 0 Å². The molecule has 1 atom stereocenters. The lowest BCUT2D eigenvalue weighted by molar-refractivity contribution is 0.0874. The molecule has 0 radical (unpaired) electrons. The Kier molecular flexibility index (Phi) is 6.60. The van der Waals surface area contributed by atoms with Gasteiger partial charge in [-0.1, -0.05) is 30.3 Å². The number of imidazole rings is 1. The Morgan fingerprint density at radius 2 is 1.75 bits per heavy atom. The van der Waals surface area contributed by atoms with Gasteiger partial charge in [0.05, 0.1) is 12.4 Å². The van der Waals surface area contributed by atoms with Gasteiger partial charge in [0.1, 0.15) is 12.7 Å². The summed E-state index contributed by atoms with van der Waals surface area (Å²) >= 11 is 0. The van der Waals surface area contributed by atoms with Gasteiger partial charge < -0.3 is 14.5 Å². The molecule has 0 spiro atoms. The van der Waals surface area contributed by atoms with Crippen LogP contribution in [0.2, 0.25) is 0 Å². The highest BCUT2D eigenvalue weighted by Gasteiger charge is 2.25. The lowest BCUT2D eigenvalue weighted by atomic mass is 10.0. The summed E-state index contributed by atoms with van der Waals surface area (Å²) in [5.74, 6) is 0. The van der Waals surface area contributed by atoms with Crippen LogP contribution in [0.5, 0.6) is 0 Å². The van der Waals surface area contributed by atoms with Crippen molar-refractivity contribution in [2.45, 2.75) is 25.4 Å². The first-order valence-electron chi connectivity index (χ1n) is 12.8. The minimum atomic E-state index is 0.369. The van der Waals surface area contributed by atoms with Gasteiger partial charge in [-0.2, -0.15) is 0 Å². The van der Waals surface area contributed by atoms with E-state index < -0.39 is 0 Å². The van der Waals surface area contributed by atoms with E-state index in [-0.39, 0.29) is 0 Å². The molecule has 0 saturated carbocycles. The molecule has 1 N–H and O–H groups in total. The molecule has 1 unspecified atom stereocenters. The van der Waals surface area contributed by atoms with Crippen LogP contribution in [-0.4, -0.2) is 71.8 Å². The average molecular weight is 481 g/mol. The van der Waals surface area contributed by atoms with E-state index in [9.17, 15) is 0 Å². The Labute approximate surface area is 211 Å². The molecule has 1 aliphatic rings. The van der Waals surface area contributed by atoms with Gasteiger partial charge in [-0.15, -0.1) is 10.2 Å². The van der Waals surface area contributed by atoms with Crippen molar-refractivity contribution in [3.63, 3.8) is 0 Å². The number of hydrogen-bond acceptors (Lipinski definition) is 5. The van der Waals surface area contributed by atoms with Gasteiger partial charge >= 0.3 is 0 Å². The van der Waals surface area contributed by atoms with Crippen LogP contribution < -0.4 is 0 Å². The Morgan fingerprint density at radius 3 is 2.53 bits per heavy atom. The van der Waals surface area contributed by atoms with Crippen molar-refractivity contribution in [2.24, 2.45) is 0 Å². The summed E-state index contributed by atoms with van der Waals surface area (Å²) in [5, 5.41) is 9.16. The van der Waals surface area contributed by atoms with Crippen LogP contribution in [0.4, 0.5) is 0 Å². The molecule has 1 aliphatic heterocycles. The van der Waals surface area contributed by atoms with Gasteiger partial charge in [0, 0.05) is 67.9 Å². The maximum atomic E-state index is 4.24. The highest BCUT2D eigenvalue weighted by Crippen LogP contribution is 2.25. The lowest BCUT2D eigenvalue weighted by Gasteiger charge is -2.39. The quantitative estimate of drug-likeness (QED) is 0.346. The number of piperazine rings is 1. The molecule has 3 aromatic heterocycles. The Hall–Kier alpha value is -3.75. The summed E-state index contributed by atoms with van der Waals surface area (Å²) in [7, 11) is 0. The zero-order valence-corrected chi connectivity index (χ0v) is 20.4. The largest absolute Gasteiger partial charge is 0.361 e. The van der Waals surface area contributed by atoms with Crippen LogP contribution in [0, 0.1) is 0 Å². The zero-order chi connectivity index (χ0) is 24.2. The van der Waals surface area contributed by atoms with E-state index in [4.69, 9.17) is 0 Å². The minimum Gasteiger partial charge on any atom is -0.361 e. The number of aromatic amines is 1. The highest BCUT2D eigenvalue weighted by molar-refractivity contribution is 5.85. The number of fused-ring (bicyclic) bond motifs is 1. The standard InChI is InChI=1S/C28H32N8/c1-2-5-23(6-3-1)28(19-34-12-10-29-20-34)35-15-13-33(14-16-35)11-4-7-24-18-30-27-9-8-25(17-26(24)27)36-21-31-32-22-36/h1-3,5-6,8-10,12,17-18,20-22,28,30H,4,7,11,13-16,19H2. The third-order valence-corrected chi connectivity index (χ3v) is 7.36. The molecule has 4 heterocycles. The van der Waals surface area contributed by atoms with Crippen molar-refractivity contribution in [1.82, 2.24) is 39.1 Å². The summed E-state index contributed by atoms with van der Waals surface area (Å²) < 4.78 is 4.14. The molecule has 0 bridgehead atoms. The molecule has 8 heteroatoms. The summed E-state index contributed by atoms with van der Waals surface area (Å²) in [6.07, 6.45) is 13.7. The first-order chi connectivity index (χ1) is 17.8. The molecule has 5 aromatic rings. The van der Waals surface area contributed by atoms with Crippen LogP contribution in [0.15, 0.2) is 86.1 Å². The van der Waals surface area contributed by atoms with Crippen molar-refractivity contribution >= 4 is 10.9 Å². The average Bonchev–Trinajstić information content (AvgIpc) is 3.71. The molecule has 1 fully saturated rings. The second-order valence-corrected chi connectivity index (χ2v) is 9.58. The maximum Gasteiger partial charge on any atom is 0.123 e. The summed E-state index contributed by atoms with van der Waals surface area (Å²) in [4.78, 5) is 12.9. The molecule has 0 amide bonds. The summed E-state index contributed by atoms with van der Waals surface area (Å²) in [6, 6.07) is 17.7. The molecular formula is C28H32N8. The number of rotatable bonds is 9. The van der Waals surface area contributed by atoms with Crippen molar-refractivity contribution in [3.05, 3.63) is 97.2 Å². The van der Waals surface area contributed by atoms with Gasteiger partial charge in [0.2, 0.25) is 0 Å². The monoisotopic (exact) mass is 480 g/mol. The first-order valence-corrected chi connectivity index (χ1v) is 12.8. The van der Waals surface area contributed by atoms with E-state index >= 15 is 0 Å². The fraction of sp³-hybridized carbons (Fsp3) is 0.321. The molecule has 184 valence electrons. The third-order valence-electron chi connectivity index (χ3n) is 7.36. The highest BCUT2D eigenvalue weighted by atomic mass is 15.3. The van der Waals surface area contributed by atoms with Crippen molar-refractivity contribution in [1.29, 1.82) is 0 Å². The van der Waals surface area contributed by atoms with E-state index in [0.29, 0.717) is 6.04 Å². The second kappa shape index (κ2) is 10.5. The van der Waals surface area contributed by atoms with Crippen LogP contribution >= 0.6 is 0 Å². The number of hydrogen-bond donors (Lipinski definition) is 1. The molecule has 8 nitrogen and oxygen atoms in total. The number of aromatic nitrogens is 6. The SMILES string of the molecule is c1ccc(C(Cn2ccnc2)N2CCN(CCCc3c[nH]c4ccc(-n5cnnc5)cc34)CC2)cc1. The summed E-state index contributed by atoms with van der Waals surface area (Å²) in [6.45, 7) is 6.45. The fourth-order valence-corrected chi connectivity index (χ4v) is 5.36. The minimum absolute atomic E-state index is 0.369. The predicted molar refractivity (Wildman–Crippen MR) is 141 cm³/mol. The van der Waals surface area contributed by atoms with Gasteiger partial charge in [-0.25, -0.2) is 4.98 Å². The predicted octanol–water partition coefficient (Wildman–Crippen LogP) is 3.94. The molecule has 2 aromatic carbocycles. The maximum absolute atomic E-state index is 4.24. The second-order valence-electron chi connectivity index (χ2n) is 9.58. The van der Waals surface area contributed by atoms with Crippen LogP contribution in [-0.2, 0) is 13.0 Å². The van der Waals surface area contributed by atoms with Crippen molar-refractivity contribution in [2.75, 3.05) is 32.7 Å². The molecule has 0 aliphatic carbocycles. The van der Waals surface area contributed by atoms with Gasteiger partial charge in [0.25, 0.3) is 0 Å². The van der Waals surface area contributed by atoms with Crippen LogP contribution in [0.1, 0.15) is 23.6 Å². The third kappa shape index (κ3) is 4.96. The Bertz CT molecular complexity index is 1350. The van der Waals surface area contributed by atoms with Gasteiger partial charge in [0.15, 0.2) is 0 Å². The number of benzene rings is 2. The lowest BCUT2D eigenvalue weighted by Crippen LogP contribution is -2.48. The number of aryl methyl sites for hydroxylation is 1. The number of H-pyrrole nitrogens is 1. The van der Waals surface area contributed by atoms with E-state index in [1.165, 1.54) is 22.0 Å². The fourth-order valence-electron chi connectivity index (χ4n) is 5.36. The number of nitrogens with one attached hydrogen (secondary N) is 1. The van der Waals surface area contributed by atoms with E-state index in [2.05, 4.69) is 95.5 Å². The zero-order valence-electron chi connectivity index (χ0n) is 20.4. The van der Waals surface area contributed by atoms with Crippen molar-refractivity contribution < 1.29 is 0 Å². The van der Waals surface area contributed by atoms with E-state index in [1.807, 2.05) is 17.1 Å². The first kappa shape index (κ1) is 22.7. The van der Waals surface area contributed by atoms with Crippen LogP contribution in [0.25, 0.3) is 16.6 Å². The van der Waals surface area contributed by atoms with E-state index in [0.717, 1.165) is 57.8 Å². The molecule has 36 heavy (non-hydrogen) atoms. The van der Waals surface area contributed by atoms with E-state index in [1.54, 1.807) is 12.7 Å². The topological polar surface area (TPSA) is 70.8 Å². The Balaban J connectivity index is 1.05. The summed E-state index contributed by atoms with van der Waals surface area (Å²) in [5.41, 5.74) is 5.03.